The maximum Gasteiger partial charge on any atom is 0.251 e. The van der Waals surface area contributed by atoms with E-state index in [-0.39, 0.29) is 25.9 Å². The number of aromatic nitrogens is 3. The Kier molecular flexibility index (Phi) is 4.48. The van der Waals surface area contributed by atoms with Crippen molar-refractivity contribution in [1.29, 1.82) is 0 Å². The van der Waals surface area contributed by atoms with Crippen LogP contribution < -0.4 is 4.90 Å². The van der Waals surface area contributed by atoms with Crippen molar-refractivity contribution in [2.45, 2.75) is 39.5 Å². The van der Waals surface area contributed by atoms with E-state index in [9.17, 15) is 8.78 Å². The largest absolute Gasteiger partial charge is 0.494 e. The predicted molar refractivity (Wildman–Crippen MR) is 107 cm³/mol. The third kappa shape index (κ3) is 3.19. The van der Waals surface area contributed by atoms with Gasteiger partial charge in [0.15, 0.2) is 0 Å². The van der Waals surface area contributed by atoms with Crippen molar-refractivity contribution in [2.24, 2.45) is 0 Å². The zero-order chi connectivity index (χ0) is 20.1. The summed E-state index contributed by atoms with van der Waals surface area (Å²) in [6.45, 7) is 10.9. The highest BCUT2D eigenvalue weighted by Gasteiger charge is 2.35. The average Bonchev–Trinajstić information content (AvgIpc) is 3.03. The summed E-state index contributed by atoms with van der Waals surface area (Å²) in [6, 6.07) is 4.04. The first-order valence-electron chi connectivity index (χ1n) is 9.54. The Morgan fingerprint density at radius 2 is 1.93 bits per heavy atom. The lowest BCUT2D eigenvalue weighted by Gasteiger charge is -2.33. The van der Waals surface area contributed by atoms with Gasteiger partial charge in [0.05, 0.1) is 17.8 Å². The van der Waals surface area contributed by atoms with Crippen LogP contribution in [-0.2, 0) is 4.74 Å². The molecule has 0 unspecified atom stereocenters. The molecule has 2 aromatic heterocycles. The quantitative estimate of drug-likeness (QED) is 0.608. The molecule has 0 spiro atoms. The molecule has 1 aliphatic heterocycles. The van der Waals surface area contributed by atoms with Crippen molar-refractivity contribution in [3.63, 3.8) is 0 Å². The molecule has 28 heavy (non-hydrogen) atoms. The third-order valence-electron chi connectivity index (χ3n) is 5.15. The lowest BCUT2D eigenvalue weighted by molar-refractivity contribution is -0.0222. The molecule has 3 aromatic rings. The van der Waals surface area contributed by atoms with Crippen LogP contribution >= 0.6 is 0 Å². The van der Waals surface area contributed by atoms with Gasteiger partial charge < -0.3 is 9.64 Å². The zero-order valence-electron chi connectivity index (χ0n) is 16.4. The molecular weight excluding hydrogens is 362 g/mol. The first-order valence-corrected chi connectivity index (χ1v) is 9.54. The minimum absolute atomic E-state index is 0.172. The number of anilines is 1. The zero-order valence-corrected chi connectivity index (χ0v) is 16.4. The second-order valence-electron chi connectivity index (χ2n) is 7.40. The maximum absolute atomic E-state index is 13.7. The number of piperidine rings is 1. The number of benzene rings is 1. The smallest absolute Gasteiger partial charge is 0.251 e. The summed E-state index contributed by atoms with van der Waals surface area (Å²) in [4.78, 5) is 11.5. The van der Waals surface area contributed by atoms with Gasteiger partial charge in [-0.3, -0.25) is 4.40 Å². The molecule has 1 aliphatic rings. The van der Waals surface area contributed by atoms with Gasteiger partial charge in [-0.05, 0) is 38.5 Å². The van der Waals surface area contributed by atoms with Crippen LogP contribution in [0.15, 0.2) is 24.9 Å². The van der Waals surface area contributed by atoms with E-state index in [0.717, 1.165) is 33.4 Å². The summed E-state index contributed by atoms with van der Waals surface area (Å²) in [5.41, 5.74) is 4.21. The van der Waals surface area contributed by atoms with Crippen molar-refractivity contribution in [3.8, 4) is 0 Å². The molecule has 1 aromatic carbocycles. The van der Waals surface area contributed by atoms with E-state index in [1.54, 1.807) is 0 Å². The number of aryl methyl sites for hydroxylation is 2. The van der Waals surface area contributed by atoms with Crippen LogP contribution in [0.4, 0.5) is 14.7 Å². The molecule has 5 nitrogen and oxygen atoms in total. The summed E-state index contributed by atoms with van der Waals surface area (Å²) < 4.78 is 34.9. The Hall–Kier alpha value is -2.70. The molecule has 1 fully saturated rings. The summed E-state index contributed by atoms with van der Waals surface area (Å²) >= 11 is 0. The van der Waals surface area contributed by atoms with Crippen LogP contribution in [0, 0.1) is 13.8 Å². The van der Waals surface area contributed by atoms with E-state index in [1.165, 1.54) is 0 Å². The van der Waals surface area contributed by atoms with Crippen molar-refractivity contribution in [2.75, 3.05) is 24.6 Å². The molecule has 0 aliphatic carbocycles. The van der Waals surface area contributed by atoms with Crippen molar-refractivity contribution < 1.29 is 13.5 Å². The Morgan fingerprint density at radius 1 is 1.21 bits per heavy atom. The SMILES string of the molecule is C=C(OCC)c1cc(C)cc2c1nc(N1CCC(F)(F)CC1)n1cc(C)nc21. The molecule has 1 saturated heterocycles. The first-order chi connectivity index (χ1) is 13.3. The molecule has 0 amide bonds. The number of alkyl halides is 2. The molecule has 3 heterocycles. The van der Waals surface area contributed by atoms with Crippen molar-refractivity contribution >= 4 is 28.3 Å². The second-order valence-corrected chi connectivity index (χ2v) is 7.40. The van der Waals surface area contributed by atoms with E-state index >= 15 is 0 Å². The summed E-state index contributed by atoms with van der Waals surface area (Å²) in [5, 5.41) is 0.898. The highest BCUT2D eigenvalue weighted by molar-refractivity contribution is 5.99. The minimum atomic E-state index is -2.61. The van der Waals surface area contributed by atoms with Gasteiger partial charge in [-0.15, -0.1) is 0 Å². The standard InChI is InChI=1S/C21H24F2N4O/c1-5-28-15(4)16-10-13(2)11-17-18(16)25-20(27-12-14(3)24-19(17)27)26-8-6-21(22,23)7-9-26/h10-12H,4-9H2,1-3H3. The molecule has 4 rings (SSSR count). The highest BCUT2D eigenvalue weighted by Crippen LogP contribution is 2.34. The van der Waals surface area contributed by atoms with Gasteiger partial charge in [0, 0.05) is 43.1 Å². The summed E-state index contributed by atoms with van der Waals surface area (Å²) in [6.07, 6.45) is 1.56. The van der Waals surface area contributed by atoms with E-state index < -0.39 is 5.92 Å². The fraction of sp³-hybridized carbons (Fsp3) is 0.429. The molecule has 0 atom stereocenters. The number of hydrogen-bond acceptors (Lipinski definition) is 4. The Morgan fingerprint density at radius 3 is 2.61 bits per heavy atom. The maximum atomic E-state index is 13.7. The van der Waals surface area contributed by atoms with Crippen molar-refractivity contribution in [3.05, 3.63) is 41.7 Å². The van der Waals surface area contributed by atoms with E-state index in [2.05, 4.69) is 6.58 Å². The Bertz CT molecular complexity index is 1060. The second kappa shape index (κ2) is 6.72. The predicted octanol–water partition coefficient (Wildman–Crippen LogP) is 4.74. The van der Waals surface area contributed by atoms with Crippen LogP contribution in [0.3, 0.4) is 0 Å². The summed E-state index contributed by atoms with van der Waals surface area (Å²) in [7, 11) is 0. The van der Waals surface area contributed by atoms with Gasteiger partial charge in [-0.1, -0.05) is 6.58 Å². The van der Waals surface area contributed by atoms with E-state index in [1.807, 2.05) is 48.4 Å². The topological polar surface area (TPSA) is 42.7 Å². The molecule has 0 bridgehead atoms. The van der Waals surface area contributed by atoms with Gasteiger partial charge in [0.25, 0.3) is 5.92 Å². The van der Waals surface area contributed by atoms with Crippen molar-refractivity contribution in [1.82, 2.24) is 14.4 Å². The first kappa shape index (κ1) is 18.7. The molecule has 7 heteroatoms. The number of imidazole rings is 1. The van der Waals surface area contributed by atoms with Gasteiger partial charge in [-0.2, -0.15) is 0 Å². The summed E-state index contributed by atoms with van der Waals surface area (Å²) in [5.74, 6) is -1.43. The molecule has 148 valence electrons. The number of fused-ring (bicyclic) bond motifs is 3. The fourth-order valence-corrected chi connectivity index (χ4v) is 3.79. The van der Waals surface area contributed by atoms with Crippen LogP contribution in [0.2, 0.25) is 0 Å². The minimum Gasteiger partial charge on any atom is -0.494 e. The fourth-order valence-electron chi connectivity index (χ4n) is 3.79. The van der Waals surface area contributed by atoms with Gasteiger partial charge in [0.2, 0.25) is 5.95 Å². The lowest BCUT2D eigenvalue weighted by Crippen LogP contribution is -2.40. The molecule has 0 N–H and O–H groups in total. The number of ether oxygens (including phenoxy) is 1. The monoisotopic (exact) mass is 386 g/mol. The molecule has 0 radical (unpaired) electrons. The van der Waals surface area contributed by atoms with Gasteiger partial charge in [0.1, 0.15) is 11.4 Å². The number of hydrogen-bond donors (Lipinski definition) is 0. The van der Waals surface area contributed by atoms with Crippen LogP contribution in [0.5, 0.6) is 0 Å². The van der Waals surface area contributed by atoms with Crippen LogP contribution in [0.25, 0.3) is 22.3 Å². The van der Waals surface area contributed by atoms with Gasteiger partial charge in [-0.25, -0.2) is 18.7 Å². The van der Waals surface area contributed by atoms with Crippen LogP contribution in [0.1, 0.15) is 36.6 Å². The number of nitrogens with zero attached hydrogens (tertiary/aromatic N) is 4. The number of halogens is 2. The lowest BCUT2D eigenvalue weighted by atomic mass is 10.0. The normalized spacial score (nSPS) is 16.7. The van der Waals surface area contributed by atoms with Gasteiger partial charge >= 0.3 is 0 Å². The Labute approximate surface area is 162 Å². The van der Waals surface area contributed by atoms with Crippen LogP contribution in [-0.4, -0.2) is 40.0 Å². The van der Waals surface area contributed by atoms with E-state index in [4.69, 9.17) is 14.7 Å². The van der Waals surface area contributed by atoms with E-state index in [0.29, 0.717) is 18.3 Å². The Balaban J connectivity index is 1.95. The average molecular weight is 386 g/mol. The highest BCUT2D eigenvalue weighted by atomic mass is 19.3. The third-order valence-corrected chi connectivity index (χ3v) is 5.15. The molecular formula is C21H24F2N4O. The molecule has 0 saturated carbocycles. The number of rotatable bonds is 4.